The highest BCUT2D eigenvalue weighted by Crippen LogP contribution is 2.44. The molecule has 0 heterocycles. The summed E-state index contributed by atoms with van der Waals surface area (Å²) in [6, 6.07) is 6.68. The minimum Gasteiger partial charge on any atom is -0.330 e. The molecule has 1 aromatic carbocycles. The van der Waals surface area contributed by atoms with E-state index in [9.17, 15) is 0 Å². The lowest BCUT2D eigenvalue weighted by molar-refractivity contribution is 0.253. The Morgan fingerprint density at radius 2 is 2.20 bits per heavy atom. The third-order valence-corrected chi connectivity index (χ3v) is 5.18. The molecule has 0 radical (unpaired) electrons. The molecule has 0 aromatic heterocycles. The van der Waals surface area contributed by atoms with E-state index in [0.717, 1.165) is 6.54 Å². The molecule has 0 bridgehead atoms. The summed E-state index contributed by atoms with van der Waals surface area (Å²) in [5, 5.41) is 0. The van der Waals surface area contributed by atoms with E-state index in [1.807, 2.05) is 0 Å². The Labute approximate surface area is 104 Å². The lowest BCUT2D eigenvalue weighted by Crippen LogP contribution is -2.41. The summed E-state index contributed by atoms with van der Waals surface area (Å²) in [7, 11) is 0. The van der Waals surface area contributed by atoms with Gasteiger partial charge in [-0.05, 0) is 52.7 Å². The molecule has 2 rings (SSSR count). The van der Waals surface area contributed by atoms with Crippen LogP contribution in [0.2, 0.25) is 0 Å². The molecule has 1 aliphatic carbocycles. The molecule has 0 amide bonds. The van der Waals surface area contributed by atoms with Crippen LogP contribution in [0, 0.1) is 0 Å². The lowest BCUT2D eigenvalue weighted by Gasteiger charge is -2.41. The van der Waals surface area contributed by atoms with Crippen molar-refractivity contribution in [3.05, 3.63) is 28.2 Å². The molecule has 1 aromatic rings. The first-order chi connectivity index (χ1) is 7.22. The summed E-state index contributed by atoms with van der Waals surface area (Å²) >= 11 is 5.39. The number of nitrogens with two attached hydrogens (primary N) is 1. The lowest BCUT2D eigenvalue weighted by atomic mass is 9.64. The first-order valence-corrected chi connectivity index (χ1v) is 7.28. The Hall–Kier alpha value is 0.01000. The zero-order valence-electron chi connectivity index (χ0n) is 8.92. The van der Waals surface area contributed by atoms with Gasteiger partial charge in [0, 0.05) is 21.3 Å². The minimum atomic E-state index is 0.277. The van der Waals surface area contributed by atoms with Gasteiger partial charge in [0.2, 0.25) is 0 Å². The van der Waals surface area contributed by atoms with E-state index in [0.29, 0.717) is 0 Å². The maximum Gasteiger partial charge on any atom is 0.0314 e. The predicted molar refractivity (Wildman–Crippen MR) is 70.5 cm³/mol. The van der Waals surface area contributed by atoms with Crippen molar-refractivity contribution in [1.29, 1.82) is 0 Å². The third-order valence-electron chi connectivity index (χ3n) is 3.47. The van der Waals surface area contributed by atoms with Crippen LogP contribution >= 0.6 is 27.7 Å². The first-order valence-electron chi connectivity index (χ1n) is 5.26. The van der Waals surface area contributed by atoms with Gasteiger partial charge in [-0.2, -0.15) is 0 Å². The molecule has 15 heavy (non-hydrogen) atoms. The molecule has 1 nitrogen and oxygen atoms in total. The zero-order valence-corrected chi connectivity index (χ0v) is 11.3. The van der Waals surface area contributed by atoms with Gasteiger partial charge in [-0.1, -0.05) is 12.5 Å². The van der Waals surface area contributed by atoms with Crippen LogP contribution in [0.15, 0.2) is 27.6 Å². The van der Waals surface area contributed by atoms with E-state index in [1.165, 1.54) is 34.2 Å². The summed E-state index contributed by atoms with van der Waals surface area (Å²) in [5.41, 5.74) is 7.58. The van der Waals surface area contributed by atoms with Gasteiger partial charge in [-0.25, -0.2) is 0 Å². The van der Waals surface area contributed by atoms with Gasteiger partial charge in [0.1, 0.15) is 0 Å². The van der Waals surface area contributed by atoms with Gasteiger partial charge in [-0.3, -0.25) is 0 Å². The Morgan fingerprint density at radius 3 is 2.60 bits per heavy atom. The van der Waals surface area contributed by atoms with Gasteiger partial charge in [-0.15, -0.1) is 11.8 Å². The summed E-state index contributed by atoms with van der Waals surface area (Å²) in [6.07, 6.45) is 5.91. The Kier molecular flexibility index (Phi) is 3.43. The smallest absolute Gasteiger partial charge is 0.0314 e. The molecular weight excluding hydrogens is 270 g/mol. The number of hydrogen-bond acceptors (Lipinski definition) is 2. The van der Waals surface area contributed by atoms with Crippen LogP contribution in [0.3, 0.4) is 0 Å². The molecule has 0 unspecified atom stereocenters. The highest BCUT2D eigenvalue weighted by atomic mass is 79.9. The Balaban J connectivity index is 2.33. The van der Waals surface area contributed by atoms with Crippen LogP contribution < -0.4 is 5.73 Å². The highest BCUT2D eigenvalue weighted by molar-refractivity contribution is 9.10. The summed E-state index contributed by atoms with van der Waals surface area (Å²) in [5.74, 6) is 0. The van der Waals surface area contributed by atoms with Crippen molar-refractivity contribution in [2.45, 2.75) is 29.6 Å². The van der Waals surface area contributed by atoms with Crippen molar-refractivity contribution in [1.82, 2.24) is 0 Å². The van der Waals surface area contributed by atoms with Crippen molar-refractivity contribution in [3.8, 4) is 0 Å². The number of rotatable bonds is 3. The average molecular weight is 286 g/mol. The Morgan fingerprint density at radius 1 is 1.47 bits per heavy atom. The second-order valence-electron chi connectivity index (χ2n) is 4.19. The van der Waals surface area contributed by atoms with E-state index in [-0.39, 0.29) is 5.41 Å². The van der Waals surface area contributed by atoms with Crippen molar-refractivity contribution < 1.29 is 0 Å². The number of thioether (sulfide) groups is 1. The molecule has 1 fully saturated rings. The standard InChI is InChI=1S/C12H16BrNS/c1-15-11-4-3-9(7-10(11)13)12(8-14)5-2-6-12/h3-4,7H,2,5-6,8,14H2,1H3. The first kappa shape index (κ1) is 11.5. The van der Waals surface area contributed by atoms with Gasteiger partial charge in [0.25, 0.3) is 0 Å². The SMILES string of the molecule is CSc1ccc(C2(CN)CCC2)cc1Br. The third kappa shape index (κ3) is 1.97. The van der Waals surface area contributed by atoms with Gasteiger partial charge in [0.05, 0.1) is 0 Å². The second-order valence-corrected chi connectivity index (χ2v) is 5.89. The zero-order chi connectivity index (χ0) is 10.9. The number of benzene rings is 1. The average Bonchev–Trinajstić information content (AvgIpc) is 2.17. The quantitative estimate of drug-likeness (QED) is 0.860. The second kappa shape index (κ2) is 4.48. The van der Waals surface area contributed by atoms with Crippen LogP contribution in [0.1, 0.15) is 24.8 Å². The fraction of sp³-hybridized carbons (Fsp3) is 0.500. The van der Waals surface area contributed by atoms with Gasteiger partial charge in [0.15, 0.2) is 0 Å². The molecule has 0 aliphatic heterocycles. The predicted octanol–water partition coefficient (Wildman–Crippen LogP) is 3.55. The molecule has 3 heteroatoms. The van der Waals surface area contributed by atoms with Crippen molar-refractivity contribution in [3.63, 3.8) is 0 Å². The molecule has 1 aliphatic rings. The maximum atomic E-state index is 5.90. The molecule has 2 N–H and O–H groups in total. The molecule has 0 saturated heterocycles. The van der Waals surface area contributed by atoms with Crippen LogP contribution in [0.4, 0.5) is 0 Å². The summed E-state index contributed by atoms with van der Waals surface area (Å²) in [6.45, 7) is 0.776. The highest BCUT2D eigenvalue weighted by Gasteiger charge is 2.37. The van der Waals surface area contributed by atoms with Gasteiger partial charge < -0.3 is 5.73 Å². The largest absolute Gasteiger partial charge is 0.330 e. The summed E-state index contributed by atoms with van der Waals surface area (Å²) < 4.78 is 1.20. The Bertz CT molecular complexity index is 355. The topological polar surface area (TPSA) is 26.0 Å². The van der Waals surface area contributed by atoms with Crippen LogP contribution in [0.25, 0.3) is 0 Å². The number of hydrogen-bond donors (Lipinski definition) is 1. The molecule has 1 saturated carbocycles. The number of halogens is 1. The normalized spacial score (nSPS) is 18.6. The fourth-order valence-electron chi connectivity index (χ4n) is 2.21. The van der Waals surface area contributed by atoms with E-state index in [2.05, 4.69) is 40.4 Å². The van der Waals surface area contributed by atoms with Crippen molar-refractivity contribution in [2.24, 2.45) is 5.73 Å². The van der Waals surface area contributed by atoms with Crippen molar-refractivity contribution >= 4 is 27.7 Å². The summed E-state index contributed by atoms with van der Waals surface area (Å²) in [4.78, 5) is 1.30. The van der Waals surface area contributed by atoms with E-state index >= 15 is 0 Å². The molecular formula is C12H16BrNS. The van der Waals surface area contributed by atoms with E-state index in [4.69, 9.17) is 5.73 Å². The molecule has 0 spiro atoms. The van der Waals surface area contributed by atoms with Crippen molar-refractivity contribution in [2.75, 3.05) is 12.8 Å². The van der Waals surface area contributed by atoms with Gasteiger partial charge >= 0.3 is 0 Å². The monoisotopic (exact) mass is 285 g/mol. The van der Waals surface area contributed by atoms with E-state index in [1.54, 1.807) is 11.8 Å². The van der Waals surface area contributed by atoms with Crippen LogP contribution in [0.5, 0.6) is 0 Å². The van der Waals surface area contributed by atoms with E-state index < -0.39 is 0 Å². The minimum absolute atomic E-state index is 0.277. The molecule has 0 atom stereocenters. The van der Waals surface area contributed by atoms with Crippen LogP contribution in [-0.2, 0) is 5.41 Å². The molecule has 82 valence electrons. The maximum absolute atomic E-state index is 5.90. The van der Waals surface area contributed by atoms with Crippen LogP contribution in [-0.4, -0.2) is 12.8 Å². The fourth-order valence-corrected chi connectivity index (χ4v) is 3.53.